The molecular weight excluding hydrogens is 1950 g/mol. The third-order valence-electron chi connectivity index (χ3n) is 20.8. The molecule has 0 aliphatic carbocycles. The molecule has 0 aliphatic heterocycles. The summed E-state index contributed by atoms with van der Waals surface area (Å²) in [6.45, 7) is 33.6. The van der Waals surface area contributed by atoms with Crippen LogP contribution in [0.4, 0.5) is 0 Å². The number of carbonyl (C=O) groups excluding carboxylic acids is 4. The molecule has 133 heavy (non-hydrogen) atoms. The molecule has 0 aromatic heterocycles. The molecule has 806 valence electrons. The summed E-state index contributed by atoms with van der Waals surface area (Å²) in [6, 6.07) is 13.0. The van der Waals surface area contributed by atoms with Gasteiger partial charge in [-0.3, -0.25) is 19.2 Å². The van der Waals surface area contributed by atoms with Gasteiger partial charge in [0.1, 0.15) is 23.0 Å². The second kappa shape index (κ2) is 132. The van der Waals surface area contributed by atoms with E-state index in [-0.39, 0.29) is 205 Å². The Balaban J connectivity index is -0.0000000592. The molecule has 2 aromatic carbocycles. The molecule has 6 radical (unpaired) electrons. The molecule has 0 bridgehead atoms. The van der Waals surface area contributed by atoms with E-state index in [1.54, 1.807) is 74.4 Å². The molecular formula is C94H178N6O27V6-30. The Bertz CT molecular complexity index is 2270. The van der Waals surface area contributed by atoms with E-state index in [0.29, 0.717) is 49.4 Å². The smallest absolute Gasteiger partial charge is 0.251 e. The average molecular weight is 2130 g/mol. The van der Waals surface area contributed by atoms with Gasteiger partial charge in [0, 0.05) is 177 Å². The van der Waals surface area contributed by atoms with Crippen LogP contribution in [0.3, 0.4) is 0 Å². The molecule has 0 fully saturated rings. The van der Waals surface area contributed by atoms with Gasteiger partial charge < -0.3 is 151 Å². The van der Waals surface area contributed by atoms with Gasteiger partial charge in [-0.2, -0.15) is 0 Å². The minimum Gasteiger partial charge on any atom is -2.00 e. The third kappa shape index (κ3) is 112. The first kappa shape index (κ1) is 190. The fourth-order valence-corrected chi connectivity index (χ4v) is 12.9. The maximum absolute atomic E-state index is 12.9. The number of nitrogens with zero attached hydrogens (tertiary/aromatic N) is 2. The molecule has 0 saturated carbocycles. The molecule has 0 unspecified atom stereocenters. The Hall–Kier alpha value is -1.81. The van der Waals surface area contributed by atoms with Crippen LogP contribution in [0.5, 0.6) is 23.0 Å². The Kier molecular flexibility index (Phi) is 189. The zero-order valence-corrected chi connectivity index (χ0v) is 93.5. The summed E-state index contributed by atoms with van der Waals surface area (Å²) in [7, 11) is 6.90. The standard InChI is InChI=1S/2C35H60NO6.2C8H19N.2C4H9NO.13O.6V/c2*1-3-5-7-9-11-13-15-17-19-21-23-41-32-25-31(34(40)36-35(28-37,29-38)30-39)26-33(27-32)42-24-22-20-18-16-14-12-10-8-6-4-2;2*1-6-9(7(2)3)8(4)5;2*1-4(6)5(2)3;;;;;;;;;;;;;;;;;;;/h2*25-27H,3-24,28-30H2,1-2H3,(H,36,40);2*7-8H,6H2,1-5H3;2*1-3H3;;;;;;;;;;;;;;;;;;;/q2*-3;;;;;13*-2;;;;;;/p+2. The molecule has 0 atom stereocenters. The van der Waals surface area contributed by atoms with Crippen LogP contribution in [0.15, 0.2) is 36.4 Å². The Morgan fingerprint density at radius 3 is 0.519 bits per heavy atom. The van der Waals surface area contributed by atoms with Gasteiger partial charge >= 0.3 is 0 Å². The maximum atomic E-state index is 12.9. The minimum atomic E-state index is -1.83. The van der Waals surface area contributed by atoms with Crippen molar-refractivity contribution in [2.45, 2.75) is 403 Å². The second-order valence-corrected chi connectivity index (χ2v) is 33.1. The number of nitrogens with one attached hydrogen (secondary N) is 4. The topological polar surface area (TPSA) is 653 Å². The molecule has 2 aromatic rings. The number of hydrogen-bond donors (Lipinski definition) is 4. The van der Waals surface area contributed by atoms with Crippen molar-refractivity contribution < 1.29 is 261 Å². The van der Waals surface area contributed by atoms with E-state index in [2.05, 4.69) is 108 Å². The van der Waals surface area contributed by atoms with Crippen molar-refractivity contribution in [2.75, 3.05) is 107 Å². The normalized spacial score (nSPS) is 9.62. The number of ether oxygens (including phenoxy) is 4. The van der Waals surface area contributed by atoms with Gasteiger partial charge in [-0.25, -0.2) is 0 Å². The number of quaternary nitrogens is 2. The van der Waals surface area contributed by atoms with Crippen LogP contribution < -0.4 is 70.0 Å². The predicted octanol–water partition coefficient (Wildman–Crippen LogP) is 11.7. The summed E-state index contributed by atoms with van der Waals surface area (Å²) in [6.07, 6.45) is 49.5. The molecule has 4 N–H and O–H groups in total. The summed E-state index contributed by atoms with van der Waals surface area (Å²) in [5, 5.41) is 73.8. The van der Waals surface area contributed by atoms with Crippen LogP contribution in [0, 0.1) is 0 Å². The predicted molar refractivity (Wildman–Crippen MR) is 473 cm³/mol. The van der Waals surface area contributed by atoms with E-state index in [4.69, 9.17) is 18.9 Å². The first-order valence-corrected chi connectivity index (χ1v) is 45.6. The Labute approximate surface area is 879 Å². The van der Waals surface area contributed by atoms with Gasteiger partial charge in [0.15, 0.2) is 0 Å². The first-order chi connectivity index (χ1) is 54.5. The maximum Gasteiger partial charge on any atom is 0.251 e. The Morgan fingerprint density at radius 1 is 0.278 bits per heavy atom. The summed E-state index contributed by atoms with van der Waals surface area (Å²) in [5.74, 6) is 0.950. The zero-order chi connectivity index (χ0) is 86.6. The third-order valence-corrected chi connectivity index (χ3v) is 20.8. The van der Waals surface area contributed by atoms with Gasteiger partial charge in [-0.05, 0) is 130 Å². The second-order valence-electron chi connectivity index (χ2n) is 33.1. The summed E-state index contributed by atoms with van der Waals surface area (Å²) < 4.78 is 23.9. The fourth-order valence-electron chi connectivity index (χ4n) is 12.9. The van der Waals surface area contributed by atoms with E-state index >= 15 is 0 Å². The number of unbranched alkanes of at least 4 members (excludes halogenated alkanes) is 36. The van der Waals surface area contributed by atoms with Crippen LogP contribution in [0.1, 0.15) is 388 Å². The van der Waals surface area contributed by atoms with Crippen molar-refractivity contribution in [1.82, 2.24) is 20.4 Å². The fraction of sp³-hybridized carbons (Fsp3) is 0.830. The SMILES string of the molecule is CC(=O)N(C)C.CC(=O)N(C)C.CCCCCCCCCCCCOc1cc(OCCCCCCCCCCCC)cc(C(=O)NC(C[O-])(C[O-])C[O-])c1.CCCCCCCCCCCCOc1cc(OCCCCCCCCCCCC)cc(C(=O)NC(C[O-])(C[O-])C[O-])c1.CC[NH+](C(C)C)C(C)C.CC[NH+](C(C)C)C(C)C.[O-2].[O-2].[O-2].[O-2].[O-2].[O-2].[O-2].[O-2].[O-2].[O-2].[O-2].[O-2].[O-2].[V].[V].[V].[V].[V].[V]. The van der Waals surface area contributed by atoms with Gasteiger partial charge in [0.05, 0.1) is 63.7 Å². The average Bonchev–Trinajstić information content (AvgIpc) is 0.835. The minimum absolute atomic E-state index is 0. The summed E-state index contributed by atoms with van der Waals surface area (Å²) in [4.78, 5) is 52.4. The summed E-state index contributed by atoms with van der Waals surface area (Å²) >= 11 is 0. The summed E-state index contributed by atoms with van der Waals surface area (Å²) in [5.41, 5.74) is -3.23. The number of amides is 4. The van der Waals surface area contributed by atoms with Crippen LogP contribution >= 0.6 is 0 Å². The first-order valence-electron chi connectivity index (χ1n) is 45.6. The number of carbonyl (C=O) groups is 4. The van der Waals surface area contributed by atoms with Crippen molar-refractivity contribution in [1.29, 1.82) is 0 Å². The molecule has 4 amide bonds. The van der Waals surface area contributed by atoms with Gasteiger partial charge in [0.25, 0.3) is 11.8 Å². The largest absolute Gasteiger partial charge is 2.00 e. The molecule has 2 rings (SSSR count). The van der Waals surface area contributed by atoms with E-state index in [1.807, 2.05) is 0 Å². The molecule has 0 heterocycles. The van der Waals surface area contributed by atoms with Crippen molar-refractivity contribution in [3.63, 3.8) is 0 Å². The van der Waals surface area contributed by atoms with Crippen LogP contribution in [0.25, 0.3) is 0 Å². The van der Waals surface area contributed by atoms with Crippen molar-refractivity contribution in [3.05, 3.63) is 47.5 Å². The van der Waals surface area contributed by atoms with E-state index in [9.17, 15) is 49.8 Å². The van der Waals surface area contributed by atoms with Gasteiger partial charge in [-0.15, -0.1) is 39.6 Å². The molecule has 0 saturated heterocycles. The monoisotopic (exact) mass is 2130 g/mol. The van der Waals surface area contributed by atoms with Crippen LogP contribution in [0.2, 0.25) is 0 Å². The molecule has 0 aliphatic rings. The van der Waals surface area contributed by atoms with Crippen LogP contribution in [-0.4, -0.2) is 176 Å². The van der Waals surface area contributed by atoms with Crippen LogP contribution in [-0.2, 0) is 192 Å². The van der Waals surface area contributed by atoms with E-state index in [1.165, 1.54) is 242 Å². The van der Waals surface area contributed by atoms with Gasteiger partial charge in [0.2, 0.25) is 11.8 Å². The Morgan fingerprint density at radius 2 is 0.414 bits per heavy atom. The molecule has 0 spiro atoms. The number of benzene rings is 2. The van der Waals surface area contributed by atoms with Crippen molar-refractivity contribution >= 4 is 23.6 Å². The zero-order valence-electron chi connectivity index (χ0n) is 85.1. The quantitative estimate of drug-likeness (QED) is 0.0447. The molecule has 39 heteroatoms. The van der Waals surface area contributed by atoms with Crippen molar-refractivity contribution in [3.8, 4) is 23.0 Å². The number of hydrogen-bond acceptors (Lipinski definition) is 14. The number of rotatable bonds is 64. The van der Waals surface area contributed by atoms with E-state index in [0.717, 1.165) is 75.5 Å². The van der Waals surface area contributed by atoms with Gasteiger partial charge in [-0.1, -0.05) is 259 Å². The van der Waals surface area contributed by atoms with Crippen molar-refractivity contribution in [2.24, 2.45) is 0 Å². The van der Waals surface area contributed by atoms with E-state index < -0.39 is 62.5 Å². The molecule has 33 nitrogen and oxygen atoms in total.